The number of nitrogens with zero attached hydrogens (tertiary/aromatic N) is 1. The van der Waals surface area contributed by atoms with Gasteiger partial charge >= 0.3 is 0 Å². The Hall–Kier alpha value is -2.66. The molecule has 5 heteroatoms. The van der Waals surface area contributed by atoms with E-state index in [4.69, 9.17) is 9.90 Å². The summed E-state index contributed by atoms with van der Waals surface area (Å²) in [5.74, 6) is 1.11. The normalized spacial score (nSPS) is 23.7. The van der Waals surface area contributed by atoms with Crippen molar-refractivity contribution >= 4 is 12.4 Å². The third-order valence-corrected chi connectivity index (χ3v) is 6.25. The fourth-order valence-corrected chi connectivity index (χ4v) is 5.07. The molecule has 2 aliphatic carbocycles. The highest BCUT2D eigenvalue weighted by molar-refractivity contribution is 5.98. The molecule has 1 amide bonds. The standard InChI is InChI=1S/C21H21NO2.CH2O2/c23-20(22-12-14-6-5-7-15(14)13-22)21(24)18-10-3-1-8-16(18)17-9-2-4-11-19(17)21;2-1-3/h1-4,8-11,14-15,24H,5-7,12-13H2;1H,(H,2,3). The maximum Gasteiger partial charge on any atom is 0.290 e. The summed E-state index contributed by atoms with van der Waals surface area (Å²) in [5.41, 5.74) is 1.87. The van der Waals surface area contributed by atoms with Gasteiger partial charge in [-0.3, -0.25) is 9.59 Å². The zero-order valence-corrected chi connectivity index (χ0v) is 15.0. The molecule has 2 atom stereocenters. The van der Waals surface area contributed by atoms with Crippen molar-refractivity contribution in [3.05, 3.63) is 59.7 Å². The molecule has 27 heavy (non-hydrogen) atoms. The number of benzene rings is 2. The second-order valence-electron chi connectivity index (χ2n) is 7.57. The van der Waals surface area contributed by atoms with Crippen molar-refractivity contribution in [2.75, 3.05) is 13.1 Å². The van der Waals surface area contributed by atoms with Crippen LogP contribution in [-0.4, -0.2) is 40.6 Å². The van der Waals surface area contributed by atoms with E-state index in [2.05, 4.69) is 0 Å². The molecule has 0 radical (unpaired) electrons. The maximum atomic E-state index is 13.4. The van der Waals surface area contributed by atoms with Crippen LogP contribution >= 0.6 is 0 Å². The van der Waals surface area contributed by atoms with Gasteiger partial charge in [-0.2, -0.15) is 0 Å². The number of fused-ring (bicyclic) bond motifs is 4. The van der Waals surface area contributed by atoms with E-state index in [1.54, 1.807) is 0 Å². The number of aliphatic hydroxyl groups is 1. The highest BCUT2D eigenvalue weighted by Crippen LogP contribution is 2.49. The van der Waals surface area contributed by atoms with Gasteiger partial charge in [-0.25, -0.2) is 0 Å². The minimum Gasteiger partial charge on any atom is -0.483 e. The van der Waals surface area contributed by atoms with E-state index in [1.807, 2.05) is 53.4 Å². The quantitative estimate of drug-likeness (QED) is 0.762. The lowest BCUT2D eigenvalue weighted by atomic mass is 9.90. The van der Waals surface area contributed by atoms with Crippen LogP contribution < -0.4 is 0 Å². The Morgan fingerprint density at radius 2 is 1.41 bits per heavy atom. The molecule has 0 spiro atoms. The van der Waals surface area contributed by atoms with Crippen LogP contribution in [0.1, 0.15) is 30.4 Å². The zero-order valence-electron chi connectivity index (χ0n) is 15.0. The van der Waals surface area contributed by atoms with E-state index >= 15 is 0 Å². The first-order chi connectivity index (χ1) is 13.1. The van der Waals surface area contributed by atoms with Crippen LogP contribution in [0.15, 0.2) is 48.5 Å². The van der Waals surface area contributed by atoms with Crippen LogP contribution in [0.4, 0.5) is 0 Å². The summed E-state index contributed by atoms with van der Waals surface area (Å²) in [5, 5.41) is 18.5. The lowest BCUT2D eigenvalue weighted by Crippen LogP contribution is -2.46. The molecule has 140 valence electrons. The molecular formula is C22H23NO4. The number of likely N-dealkylation sites (tertiary alicyclic amines) is 1. The molecule has 1 aliphatic heterocycles. The Morgan fingerprint density at radius 3 is 1.89 bits per heavy atom. The Bertz CT molecular complexity index is 821. The molecular weight excluding hydrogens is 342 g/mol. The minimum atomic E-state index is -1.54. The number of hydrogen-bond acceptors (Lipinski definition) is 3. The third kappa shape index (κ3) is 2.65. The van der Waals surface area contributed by atoms with Gasteiger partial charge in [-0.1, -0.05) is 55.0 Å². The molecule has 2 fully saturated rings. The number of amides is 1. The molecule has 2 unspecified atom stereocenters. The summed E-state index contributed by atoms with van der Waals surface area (Å²) < 4.78 is 0. The molecule has 2 N–H and O–H groups in total. The van der Waals surface area contributed by atoms with Crippen molar-refractivity contribution in [1.29, 1.82) is 0 Å². The largest absolute Gasteiger partial charge is 0.483 e. The van der Waals surface area contributed by atoms with Crippen LogP contribution in [0.5, 0.6) is 0 Å². The summed E-state index contributed by atoms with van der Waals surface area (Å²) in [4.78, 5) is 23.7. The predicted octanol–water partition coefficient (Wildman–Crippen LogP) is 2.86. The van der Waals surface area contributed by atoms with Crippen molar-refractivity contribution in [3.8, 4) is 11.1 Å². The van der Waals surface area contributed by atoms with E-state index in [9.17, 15) is 9.90 Å². The van der Waals surface area contributed by atoms with Gasteiger partial charge in [0.1, 0.15) is 0 Å². The lowest BCUT2D eigenvalue weighted by molar-refractivity contribution is -0.147. The molecule has 5 rings (SSSR count). The van der Waals surface area contributed by atoms with Gasteiger partial charge in [0.15, 0.2) is 5.60 Å². The van der Waals surface area contributed by atoms with Gasteiger partial charge in [0.25, 0.3) is 12.4 Å². The topological polar surface area (TPSA) is 77.8 Å². The third-order valence-electron chi connectivity index (χ3n) is 6.25. The molecule has 1 heterocycles. The van der Waals surface area contributed by atoms with E-state index < -0.39 is 5.60 Å². The molecule has 2 aromatic rings. The Morgan fingerprint density at radius 1 is 0.963 bits per heavy atom. The number of rotatable bonds is 1. The van der Waals surface area contributed by atoms with Crippen molar-refractivity contribution < 1.29 is 19.8 Å². The van der Waals surface area contributed by atoms with Gasteiger partial charge in [0, 0.05) is 24.2 Å². The summed E-state index contributed by atoms with van der Waals surface area (Å²) in [6.07, 6.45) is 3.73. The zero-order chi connectivity index (χ0) is 19.0. The first-order valence-corrected chi connectivity index (χ1v) is 9.40. The second-order valence-corrected chi connectivity index (χ2v) is 7.57. The molecule has 1 saturated heterocycles. The van der Waals surface area contributed by atoms with E-state index in [1.165, 1.54) is 19.3 Å². The lowest BCUT2D eigenvalue weighted by Gasteiger charge is -2.30. The van der Waals surface area contributed by atoms with Crippen LogP contribution in [0.3, 0.4) is 0 Å². The first-order valence-electron chi connectivity index (χ1n) is 9.40. The average molecular weight is 365 g/mol. The van der Waals surface area contributed by atoms with E-state index in [-0.39, 0.29) is 12.4 Å². The maximum absolute atomic E-state index is 13.4. The fourth-order valence-electron chi connectivity index (χ4n) is 5.07. The van der Waals surface area contributed by atoms with E-state index in [0.717, 1.165) is 35.3 Å². The Balaban J connectivity index is 0.000000565. The molecule has 0 aromatic heterocycles. The van der Waals surface area contributed by atoms with Gasteiger partial charge in [0.2, 0.25) is 0 Å². The highest BCUT2D eigenvalue weighted by atomic mass is 16.3. The van der Waals surface area contributed by atoms with E-state index in [0.29, 0.717) is 11.8 Å². The number of hydrogen-bond donors (Lipinski definition) is 2. The average Bonchev–Trinajstić information content (AvgIpc) is 3.35. The van der Waals surface area contributed by atoms with Gasteiger partial charge in [-0.15, -0.1) is 0 Å². The molecule has 0 bridgehead atoms. The summed E-state index contributed by atoms with van der Waals surface area (Å²) >= 11 is 0. The fraction of sp³-hybridized carbons (Fsp3) is 0.364. The minimum absolute atomic E-state index is 0.144. The van der Waals surface area contributed by atoms with Crippen LogP contribution in [0.2, 0.25) is 0 Å². The monoisotopic (exact) mass is 365 g/mol. The van der Waals surface area contributed by atoms with Crippen LogP contribution in [0, 0.1) is 11.8 Å². The smallest absolute Gasteiger partial charge is 0.290 e. The van der Waals surface area contributed by atoms with Gasteiger partial charge in [0.05, 0.1) is 0 Å². The van der Waals surface area contributed by atoms with Crippen molar-refractivity contribution in [2.24, 2.45) is 11.8 Å². The van der Waals surface area contributed by atoms with Crippen LogP contribution in [0.25, 0.3) is 11.1 Å². The van der Waals surface area contributed by atoms with Crippen molar-refractivity contribution in [1.82, 2.24) is 4.90 Å². The highest BCUT2D eigenvalue weighted by Gasteiger charge is 2.51. The summed E-state index contributed by atoms with van der Waals surface area (Å²) in [7, 11) is 0. The molecule has 1 saturated carbocycles. The number of carbonyl (C=O) groups is 2. The molecule has 5 nitrogen and oxygen atoms in total. The second kappa shape index (κ2) is 6.82. The van der Waals surface area contributed by atoms with Crippen molar-refractivity contribution in [2.45, 2.75) is 24.9 Å². The number of carboxylic acid groups (broad SMARTS) is 1. The summed E-state index contributed by atoms with van der Waals surface area (Å²) in [6.45, 7) is 1.35. The van der Waals surface area contributed by atoms with Gasteiger partial charge in [-0.05, 0) is 35.8 Å². The summed E-state index contributed by atoms with van der Waals surface area (Å²) in [6, 6.07) is 15.5. The molecule has 2 aromatic carbocycles. The first kappa shape index (κ1) is 17.7. The van der Waals surface area contributed by atoms with Crippen LogP contribution in [-0.2, 0) is 15.2 Å². The molecule has 3 aliphatic rings. The van der Waals surface area contributed by atoms with Crippen molar-refractivity contribution in [3.63, 3.8) is 0 Å². The Labute approximate surface area is 158 Å². The predicted molar refractivity (Wildman–Crippen MR) is 101 cm³/mol. The Kier molecular flexibility index (Phi) is 4.48. The number of carbonyl (C=O) groups excluding carboxylic acids is 1. The SMILES string of the molecule is O=C(N1CC2CCCC2C1)C1(O)c2ccccc2-c2ccccc21.O=CO. The van der Waals surface area contributed by atoms with Gasteiger partial charge < -0.3 is 15.1 Å².